The lowest BCUT2D eigenvalue weighted by atomic mass is 9.93. The van der Waals surface area contributed by atoms with Crippen molar-refractivity contribution in [1.82, 2.24) is 5.32 Å². The van der Waals surface area contributed by atoms with Crippen LogP contribution in [0, 0.1) is 0 Å². The topological polar surface area (TPSA) is 12.0 Å². The minimum atomic E-state index is -4.37. The van der Waals surface area contributed by atoms with Gasteiger partial charge in [0.25, 0.3) is 0 Å². The Bertz CT molecular complexity index is 371. The first-order valence-corrected chi connectivity index (χ1v) is 4.93. The molecule has 0 aromatic heterocycles. The van der Waals surface area contributed by atoms with Crippen molar-refractivity contribution in [3.8, 4) is 0 Å². The first kappa shape index (κ1) is 10.8. The van der Waals surface area contributed by atoms with Crippen LogP contribution in [-0.2, 0) is 6.18 Å². The number of hydrogen-bond donors (Lipinski definition) is 1. The van der Waals surface area contributed by atoms with E-state index in [1.807, 2.05) is 0 Å². The number of alkyl halides is 3. The van der Waals surface area contributed by atoms with E-state index in [0.29, 0.717) is 5.92 Å². The molecule has 1 heterocycles. The molecular weight excluding hydrogens is 227 g/mol. The van der Waals surface area contributed by atoms with Gasteiger partial charge >= 0.3 is 6.18 Å². The molecule has 5 heteroatoms. The van der Waals surface area contributed by atoms with Gasteiger partial charge in [-0.05, 0) is 17.7 Å². The molecule has 0 unspecified atom stereocenters. The SMILES string of the molecule is FC(F)(F)c1ccc(C2CNC2)cc1Cl. The summed E-state index contributed by atoms with van der Waals surface area (Å²) >= 11 is 5.60. The summed E-state index contributed by atoms with van der Waals surface area (Å²) in [6, 6.07) is 3.96. The molecule has 82 valence electrons. The summed E-state index contributed by atoms with van der Waals surface area (Å²) in [7, 11) is 0. The molecule has 0 aliphatic carbocycles. The van der Waals surface area contributed by atoms with Crippen LogP contribution in [0.5, 0.6) is 0 Å². The van der Waals surface area contributed by atoms with E-state index in [1.165, 1.54) is 12.1 Å². The quantitative estimate of drug-likeness (QED) is 0.789. The van der Waals surface area contributed by atoms with E-state index in [2.05, 4.69) is 5.32 Å². The molecule has 0 bridgehead atoms. The Hall–Kier alpha value is -0.740. The van der Waals surface area contributed by atoms with Gasteiger partial charge in [-0.3, -0.25) is 0 Å². The molecular formula is C10H9ClF3N. The third-order valence-electron chi connectivity index (χ3n) is 2.55. The van der Waals surface area contributed by atoms with Crippen LogP contribution in [0.15, 0.2) is 18.2 Å². The van der Waals surface area contributed by atoms with Gasteiger partial charge in [0.15, 0.2) is 0 Å². The van der Waals surface area contributed by atoms with E-state index in [0.717, 1.165) is 24.7 Å². The fraction of sp³-hybridized carbons (Fsp3) is 0.400. The van der Waals surface area contributed by atoms with Crippen LogP contribution in [-0.4, -0.2) is 13.1 Å². The van der Waals surface area contributed by atoms with Gasteiger partial charge in [-0.1, -0.05) is 17.7 Å². The zero-order valence-corrected chi connectivity index (χ0v) is 8.49. The summed E-state index contributed by atoms with van der Waals surface area (Å²) in [5, 5.41) is 2.84. The van der Waals surface area contributed by atoms with Crippen molar-refractivity contribution in [2.45, 2.75) is 12.1 Å². The molecule has 1 aliphatic heterocycles. The summed E-state index contributed by atoms with van der Waals surface area (Å²) in [6.07, 6.45) is -4.37. The zero-order chi connectivity index (χ0) is 11.1. The van der Waals surface area contributed by atoms with Gasteiger partial charge < -0.3 is 5.32 Å². The Balaban J connectivity index is 2.30. The van der Waals surface area contributed by atoms with Crippen LogP contribution in [0.1, 0.15) is 17.0 Å². The van der Waals surface area contributed by atoms with Gasteiger partial charge in [0.1, 0.15) is 0 Å². The van der Waals surface area contributed by atoms with Gasteiger partial charge in [-0.2, -0.15) is 13.2 Å². The van der Waals surface area contributed by atoms with Crippen LogP contribution in [0.3, 0.4) is 0 Å². The molecule has 1 saturated heterocycles. The highest BCUT2D eigenvalue weighted by atomic mass is 35.5. The molecule has 1 aromatic carbocycles. The Labute approximate surface area is 90.2 Å². The third kappa shape index (κ3) is 2.11. The normalized spacial score (nSPS) is 17.6. The minimum Gasteiger partial charge on any atom is -0.315 e. The monoisotopic (exact) mass is 235 g/mol. The average molecular weight is 236 g/mol. The third-order valence-corrected chi connectivity index (χ3v) is 2.86. The minimum absolute atomic E-state index is 0.216. The number of benzene rings is 1. The molecule has 2 rings (SSSR count). The number of nitrogens with one attached hydrogen (secondary N) is 1. The first-order valence-electron chi connectivity index (χ1n) is 4.56. The maximum absolute atomic E-state index is 12.4. The summed E-state index contributed by atoms with van der Waals surface area (Å²) in [5.74, 6) is 0.296. The molecule has 0 spiro atoms. The van der Waals surface area contributed by atoms with Crippen molar-refractivity contribution >= 4 is 11.6 Å². The highest BCUT2D eigenvalue weighted by Gasteiger charge is 2.33. The van der Waals surface area contributed by atoms with Crippen molar-refractivity contribution in [2.75, 3.05) is 13.1 Å². The molecule has 15 heavy (non-hydrogen) atoms. The predicted octanol–water partition coefficient (Wildman–Crippen LogP) is 3.05. The van der Waals surface area contributed by atoms with E-state index in [9.17, 15) is 13.2 Å². The van der Waals surface area contributed by atoms with Gasteiger partial charge in [0.2, 0.25) is 0 Å². The molecule has 0 amide bonds. The van der Waals surface area contributed by atoms with Gasteiger partial charge in [-0.25, -0.2) is 0 Å². The van der Waals surface area contributed by atoms with Crippen LogP contribution >= 0.6 is 11.6 Å². The fourth-order valence-corrected chi connectivity index (χ4v) is 1.84. The molecule has 0 radical (unpaired) electrons. The van der Waals surface area contributed by atoms with E-state index in [1.54, 1.807) is 0 Å². The van der Waals surface area contributed by atoms with E-state index >= 15 is 0 Å². The van der Waals surface area contributed by atoms with Gasteiger partial charge in [0.05, 0.1) is 10.6 Å². The second kappa shape index (κ2) is 3.68. The molecule has 1 aliphatic rings. The van der Waals surface area contributed by atoms with Crippen LogP contribution in [0.25, 0.3) is 0 Å². The highest BCUT2D eigenvalue weighted by Crippen LogP contribution is 2.36. The fourth-order valence-electron chi connectivity index (χ4n) is 1.54. The van der Waals surface area contributed by atoms with Crippen molar-refractivity contribution in [2.24, 2.45) is 0 Å². The second-order valence-electron chi connectivity index (χ2n) is 3.59. The van der Waals surface area contributed by atoms with Crippen molar-refractivity contribution < 1.29 is 13.2 Å². The molecule has 0 saturated carbocycles. The molecule has 1 fully saturated rings. The summed E-state index contributed by atoms with van der Waals surface area (Å²) in [6.45, 7) is 1.61. The Morgan fingerprint density at radius 2 is 1.93 bits per heavy atom. The first-order chi connectivity index (χ1) is 6.98. The standard InChI is InChI=1S/C10H9ClF3N/c11-9-3-6(7-4-15-5-7)1-2-8(9)10(12,13)14/h1-3,7,15H,4-5H2. The molecule has 0 atom stereocenters. The zero-order valence-electron chi connectivity index (χ0n) is 7.74. The largest absolute Gasteiger partial charge is 0.417 e. The second-order valence-corrected chi connectivity index (χ2v) is 4.00. The van der Waals surface area contributed by atoms with E-state index in [4.69, 9.17) is 11.6 Å². The average Bonchev–Trinajstić information content (AvgIpc) is 1.97. The predicted molar refractivity (Wildman–Crippen MR) is 52.1 cm³/mol. The number of hydrogen-bond acceptors (Lipinski definition) is 1. The smallest absolute Gasteiger partial charge is 0.315 e. The van der Waals surface area contributed by atoms with Crippen LogP contribution in [0.4, 0.5) is 13.2 Å². The Morgan fingerprint density at radius 1 is 1.27 bits per heavy atom. The number of halogens is 4. The van der Waals surface area contributed by atoms with E-state index in [-0.39, 0.29) is 5.02 Å². The lowest BCUT2D eigenvalue weighted by Gasteiger charge is -2.28. The van der Waals surface area contributed by atoms with Gasteiger partial charge in [-0.15, -0.1) is 0 Å². The molecule has 1 N–H and O–H groups in total. The molecule has 1 aromatic rings. The molecule has 1 nitrogen and oxygen atoms in total. The summed E-state index contributed by atoms with van der Waals surface area (Å²) in [5.41, 5.74) is 0.104. The van der Waals surface area contributed by atoms with Crippen molar-refractivity contribution in [3.05, 3.63) is 34.3 Å². The maximum Gasteiger partial charge on any atom is 0.417 e. The summed E-state index contributed by atoms with van der Waals surface area (Å²) in [4.78, 5) is 0. The summed E-state index contributed by atoms with van der Waals surface area (Å²) < 4.78 is 37.1. The Kier molecular flexibility index (Phi) is 2.64. The van der Waals surface area contributed by atoms with Crippen molar-refractivity contribution in [3.63, 3.8) is 0 Å². The maximum atomic E-state index is 12.4. The van der Waals surface area contributed by atoms with Crippen molar-refractivity contribution in [1.29, 1.82) is 0 Å². The van der Waals surface area contributed by atoms with Crippen LogP contribution in [0.2, 0.25) is 5.02 Å². The Morgan fingerprint density at radius 3 is 2.33 bits per heavy atom. The van der Waals surface area contributed by atoms with E-state index < -0.39 is 11.7 Å². The lowest BCUT2D eigenvalue weighted by molar-refractivity contribution is -0.137. The van der Waals surface area contributed by atoms with Crippen LogP contribution < -0.4 is 5.32 Å². The number of rotatable bonds is 1. The highest BCUT2D eigenvalue weighted by molar-refractivity contribution is 6.31. The lowest BCUT2D eigenvalue weighted by Crippen LogP contribution is -2.39. The van der Waals surface area contributed by atoms with Gasteiger partial charge in [0, 0.05) is 19.0 Å².